The summed E-state index contributed by atoms with van der Waals surface area (Å²) < 4.78 is 0. The van der Waals surface area contributed by atoms with Crippen LogP contribution in [-0.4, -0.2) is 18.5 Å². The summed E-state index contributed by atoms with van der Waals surface area (Å²) in [7, 11) is 0. The zero-order valence-corrected chi connectivity index (χ0v) is 12.5. The fourth-order valence-corrected chi connectivity index (χ4v) is 2.18. The Morgan fingerprint density at radius 2 is 2.00 bits per heavy atom. The predicted molar refractivity (Wildman–Crippen MR) is 81.8 cm³/mol. The quantitative estimate of drug-likeness (QED) is 0.786. The van der Waals surface area contributed by atoms with Gasteiger partial charge >= 0.3 is 0 Å². The Morgan fingerprint density at radius 3 is 2.53 bits per heavy atom. The maximum Gasteiger partial charge on any atom is 0.251 e. The minimum absolute atomic E-state index is 0.00208. The fraction of sp³-hybridized carbons (Fsp3) is 0.562. The molecule has 0 aliphatic carbocycles. The zero-order chi connectivity index (χ0) is 14.3. The second-order valence-electron chi connectivity index (χ2n) is 4.93. The van der Waals surface area contributed by atoms with Gasteiger partial charge in [0.2, 0.25) is 0 Å². The van der Waals surface area contributed by atoms with Crippen LogP contribution in [0.4, 0.5) is 5.69 Å². The summed E-state index contributed by atoms with van der Waals surface area (Å²) in [4.78, 5) is 11.8. The molecule has 0 aromatic heterocycles. The van der Waals surface area contributed by atoms with E-state index in [1.165, 1.54) is 12.8 Å². The van der Waals surface area contributed by atoms with E-state index < -0.39 is 0 Å². The minimum atomic E-state index is -0.00208. The monoisotopic (exact) mass is 262 g/mol. The van der Waals surface area contributed by atoms with Gasteiger partial charge in [-0.2, -0.15) is 0 Å². The Hall–Kier alpha value is -1.51. The van der Waals surface area contributed by atoms with Crippen LogP contribution in [0.1, 0.15) is 56.0 Å². The smallest absolute Gasteiger partial charge is 0.251 e. The van der Waals surface area contributed by atoms with E-state index in [9.17, 15) is 4.79 Å². The van der Waals surface area contributed by atoms with Crippen molar-refractivity contribution in [2.24, 2.45) is 0 Å². The number of carbonyl (C=O) groups is 1. The van der Waals surface area contributed by atoms with Crippen LogP contribution in [0.2, 0.25) is 0 Å². The highest BCUT2D eigenvalue weighted by molar-refractivity contribution is 5.94. The van der Waals surface area contributed by atoms with Crippen molar-refractivity contribution < 1.29 is 4.79 Å². The van der Waals surface area contributed by atoms with Crippen LogP contribution < -0.4 is 10.6 Å². The molecular formula is C16H26N2O. The van der Waals surface area contributed by atoms with Gasteiger partial charge in [-0.25, -0.2) is 0 Å². The maximum atomic E-state index is 11.8. The summed E-state index contributed by atoms with van der Waals surface area (Å²) in [5, 5.41) is 6.39. The summed E-state index contributed by atoms with van der Waals surface area (Å²) in [5.74, 6) is -0.00208. The van der Waals surface area contributed by atoms with Crippen molar-refractivity contribution in [3.8, 4) is 0 Å². The molecule has 0 radical (unpaired) electrons. The molecule has 1 aromatic rings. The van der Waals surface area contributed by atoms with Gasteiger partial charge in [0.05, 0.1) is 0 Å². The van der Waals surface area contributed by atoms with E-state index in [0.29, 0.717) is 12.6 Å². The molecule has 0 aliphatic rings. The first kappa shape index (κ1) is 15.5. The van der Waals surface area contributed by atoms with Gasteiger partial charge in [0, 0.05) is 23.8 Å². The molecule has 0 heterocycles. The van der Waals surface area contributed by atoms with Crippen molar-refractivity contribution in [2.45, 2.75) is 53.0 Å². The topological polar surface area (TPSA) is 41.1 Å². The molecule has 0 saturated carbocycles. The van der Waals surface area contributed by atoms with Gasteiger partial charge in [-0.1, -0.05) is 20.3 Å². The van der Waals surface area contributed by atoms with Crippen LogP contribution in [0, 0.1) is 6.92 Å². The molecule has 0 saturated heterocycles. The molecule has 1 rings (SSSR count). The SMILES string of the molecule is CCCC(CC)Nc1ccc(C(=O)NCC)cc1C. The molecule has 0 aliphatic heterocycles. The number of rotatable bonds is 7. The zero-order valence-electron chi connectivity index (χ0n) is 12.5. The van der Waals surface area contributed by atoms with Gasteiger partial charge in [0.15, 0.2) is 0 Å². The Balaban J connectivity index is 2.79. The van der Waals surface area contributed by atoms with E-state index in [1.54, 1.807) is 0 Å². The number of aryl methyl sites for hydroxylation is 1. The van der Waals surface area contributed by atoms with Crippen molar-refractivity contribution in [1.82, 2.24) is 5.32 Å². The van der Waals surface area contributed by atoms with E-state index in [0.717, 1.165) is 23.2 Å². The lowest BCUT2D eigenvalue weighted by Gasteiger charge is -2.19. The van der Waals surface area contributed by atoms with Gasteiger partial charge in [-0.05, 0) is 50.5 Å². The number of anilines is 1. The molecule has 3 heteroatoms. The summed E-state index contributed by atoms with van der Waals surface area (Å²) >= 11 is 0. The second-order valence-corrected chi connectivity index (χ2v) is 4.93. The van der Waals surface area contributed by atoms with Crippen LogP contribution in [0.25, 0.3) is 0 Å². The van der Waals surface area contributed by atoms with E-state index in [4.69, 9.17) is 0 Å². The van der Waals surface area contributed by atoms with Crippen molar-refractivity contribution >= 4 is 11.6 Å². The molecule has 1 amide bonds. The molecule has 106 valence electrons. The standard InChI is InChI=1S/C16H26N2O/c1-5-8-14(6-2)18-15-10-9-13(11-12(15)4)16(19)17-7-3/h9-11,14,18H,5-8H2,1-4H3,(H,17,19). The Kier molecular flexibility index (Phi) is 6.40. The number of hydrogen-bond donors (Lipinski definition) is 2. The third kappa shape index (κ3) is 4.58. The number of benzene rings is 1. The first-order valence-corrected chi connectivity index (χ1v) is 7.27. The molecule has 0 spiro atoms. The minimum Gasteiger partial charge on any atom is -0.382 e. The Labute approximate surface area is 116 Å². The van der Waals surface area contributed by atoms with Crippen LogP contribution >= 0.6 is 0 Å². The van der Waals surface area contributed by atoms with Crippen LogP contribution in [0.3, 0.4) is 0 Å². The van der Waals surface area contributed by atoms with Crippen molar-refractivity contribution in [3.05, 3.63) is 29.3 Å². The maximum absolute atomic E-state index is 11.8. The van der Waals surface area contributed by atoms with Gasteiger partial charge in [-0.15, -0.1) is 0 Å². The average Bonchev–Trinajstić information content (AvgIpc) is 2.40. The highest BCUT2D eigenvalue weighted by Gasteiger charge is 2.09. The number of hydrogen-bond acceptors (Lipinski definition) is 2. The first-order chi connectivity index (χ1) is 9.12. The molecule has 0 bridgehead atoms. The molecule has 19 heavy (non-hydrogen) atoms. The highest BCUT2D eigenvalue weighted by Crippen LogP contribution is 2.19. The Morgan fingerprint density at radius 1 is 1.26 bits per heavy atom. The normalized spacial score (nSPS) is 12.0. The molecule has 1 atom stereocenters. The first-order valence-electron chi connectivity index (χ1n) is 7.27. The fourth-order valence-electron chi connectivity index (χ4n) is 2.18. The molecule has 1 unspecified atom stereocenters. The molecule has 0 fully saturated rings. The lowest BCUT2D eigenvalue weighted by atomic mass is 10.1. The molecule has 3 nitrogen and oxygen atoms in total. The summed E-state index contributed by atoms with van der Waals surface area (Å²) in [6, 6.07) is 6.36. The number of nitrogens with one attached hydrogen (secondary N) is 2. The lowest BCUT2D eigenvalue weighted by Crippen LogP contribution is -2.23. The third-order valence-corrected chi connectivity index (χ3v) is 3.32. The van der Waals surface area contributed by atoms with Gasteiger partial charge in [0.1, 0.15) is 0 Å². The van der Waals surface area contributed by atoms with Gasteiger partial charge in [-0.3, -0.25) is 4.79 Å². The summed E-state index contributed by atoms with van der Waals surface area (Å²) in [6.07, 6.45) is 3.47. The highest BCUT2D eigenvalue weighted by atomic mass is 16.1. The van der Waals surface area contributed by atoms with Crippen molar-refractivity contribution in [3.63, 3.8) is 0 Å². The average molecular weight is 262 g/mol. The van der Waals surface area contributed by atoms with Crippen molar-refractivity contribution in [1.29, 1.82) is 0 Å². The van der Waals surface area contributed by atoms with E-state index in [1.807, 2.05) is 32.0 Å². The molecular weight excluding hydrogens is 236 g/mol. The van der Waals surface area contributed by atoms with Gasteiger partial charge < -0.3 is 10.6 Å². The summed E-state index contributed by atoms with van der Waals surface area (Å²) in [6.45, 7) is 9.04. The van der Waals surface area contributed by atoms with Crippen molar-refractivity contribution in [2.75, 3.05) is 11.9 Å². The van der Waals surface area contributed by atoms with E-state index in [2.05, 4.69) is 24.5 Å². The predicted octanol–water partition coefficient (Wildman–Crippen LogP) is 3.74. The van der Waals surface area contributed by atoms with E-state index in [-0.39, 0.29) is 5.91 Å². The van der Waals surface area contributed by atoms with E-state index >= 15 is 0 Å². The third-order valence-electron chi connectivity index (χ3n) is 3.32. The summed E-state index contributed by atoms with van der Waals surface area (Å²) in [5.41, 5.74) is 2.99. The number of amides is 1. The largest absolute Gasteiger partial charge is 0.382 e. The van der Waals surface area contributed by atoms with Crippen LogP contribution in [0.15, 0.2) is 18.2 Å². The number of carbonyl (C=O) groups excluding carboxylic acids is 1. The Bertz CT molecular complexity index is 415. The van der Waals surface area contributed by atoms with Crippen LogP contribution in [0.5, 0.6) is 0 Å². The van der Waals surface area contributed by atoms with Crippen LogP contribution in [-0.2, 0) is 0 Å². The lowest BCUT2D eigenvalue weighted by molar-refractivity contribution is 0.0956. The second kappa shape index (κ2) is 7.82. The molecule has 1 aromatic carbocycles. The van der Waals surface area contributed by atoms with Gasteiger partial charge in [0.25, 0.3) is 5.91 Å². The molecule has 2 N–H and O–H groups in total.